The van der Waals surface area contributed by atoms with Gasteiger partial charge in [-0.3, -0.25) is 0 Å². The standard InChI is InChI=1S/C16H21N7OS/c1-5-24-10-6-7-11-12(8-10)19-16(18-11)25-9(2)13-20-14(17)22-15(21-13)23(3)4/h6-9H,5H2,1-4H3,(H,18,19)(H2,17,20,21,22)/t9-/m1/s1. The molecule has 0 aliphatic heterocycles. The summed E-state index contributed by atoms with van der Waals surface area (Å²) in [7, 11) is 3.73. The smallest absolute Gasteiger partial charge is 0.229 e. The van der Waals surface area contributed by atoms with Crippen molar-refractivity contribution in [3.63, 3.8) is 0 Å². The molecule has 132 valence electrons. The molecule has 0 saturated heterocycles. The Kier molecular flexibility index (Phi) is 4.93. The van der Waals surface area contributed by atoms with Crippen LogP contribution in [0.4, 0.5) is 11.9 Å². The Labute approximate surface area is 150 Å². The van der Waals surface area contributed by atoms with E-state index in [-0.39, 0.29) is 11.2 Å². The predicted molar refractivity (Wildman–Crippen MR) is 100 cm³/mol. The Bertz CT molecular complexity index is 880. The summed E-state index contributed by atoms with van der Waals surface area (Å²) in [5, 5.41) is 0.762. The van der Waals surface area contributed by atoms with Crippen LogP contribution >= 0.6 is 11.8 Å². The Hall–Kier alpha value is -2.55. The molecule has 25 heavy (non-hydrogen) atoms. The summed E-state index contributed by atoms with van der Waals surface area (Å²) in [6.07, 6.45) is 0. The largest absolute Gasteiger partial charge is 0.494 e. The van der Waals surface area contributed by atoms with Crippen molar-refractivity contribution in [3.05, 3.63) is 24.0 Å². The van der Waals surface area contributed by atoms with Crippen LogP contribution in [0.2, 0.25) is 0 Å². The number of nitrogens with zero attached hydrogens (tertiary/aromatic N) is 5. The van der Waals surface area contributed by atoms with E-state index in [2.05, 4.69) is 24.9 Å². The number of aromatic nitrogens is 5. The van der Waals surface area contributed by atoms with Crippen LogP contribution in [-0.4, -0.2) is 45.6 Å². The van der Waals surface area contributed by atoms with E-state index >= 15 is 0 Å². The lowest BCUT2D eigenvalue weighted by atomic mass is 10.3. The molecule has 1 aromatic carbocycles. The number of H-pyrrole nitrogens is 1. The Morgan fingerprint density at radius 3 is 2.76 bits per heavy atom. The topological polar surface area (TPSA) is 106 Å². The van der Waals surface area contributed by atoms with Crippen LogP contribution in [0.3, 0.4) is 0 Å². The lowest BCUT2D eigenvalue weighted by Gasteiger charge is -2.13. The minimum Gasteiger partial charge on any atom is -0.494 e. The van der Waals surface area contributed by atoms with E-state index in [1.807, 2.05) is 46.1 Å². The number of fused-ring (bicyclic) bond motifs is 1. The summed E-state index contributed by atoms with van der Waals surface area (Å²) in [4.78, 5) is 22.5. The van der Waals surface area contributed by atoms with Crippen LogP contribution in [0.25, 0.3) is 11.0 Å². The lowest BCUT2D eigenvalue weighted by molar-refractivity contribution is 0.340. The van der Waals surface area contributed by atoms with Crippen molar-refractivity contribution in [2.45, 2.75) is 24.3 Å². The number of hydrogen-bond acceptors (Lipinski definition) is 8. The zero-order chi connectivity index (χ0) is 18.0. The average molecular weight is 359 g/mol. The van der Waals surface area contributed by atoms with Crippen LogP contribution in [0, 0.1) is 0 Å². The average Bonchev–Trinajstić information content (AvgIpc) is 2.96. The van der Waals surface area contributed by atoms with Gasteiger partial charge in [0.25, 0.3) is 0 Å². The van der Waals surface area contributed by atoms with Crippen molar-refractivity contribution in [2.75, 3.05) is 31.3 Å². The maximum atomic E-state index is 5.80. The van der Waals surface area contributed by atoms with Crippen molar-refractivity contribution in [1.82, 2.24) is 24.9 Å². The molecule has 0 aliphatic rings. The number of nitrogen functional groups attached to an aromatic ring is 1. The molecule has 0 amide bonds. The highest BCUT2D eigenvalue weighted by molar-refractivity contribution is 7.99. The van der Waals surface area contributed by atoms with Gasteiger partial charge >= 0.3 is 0 Å². The van der Waals surface area contributed by atoms with E-state index in [1.54, 1.807) is 4.90 Å². The zero-order valence-electron chi connectivity index (χ0n) is 14.6. The van der Waals surface area contributed by atoms with E-state index in [0.717, 1.165) is 21.9 Å². The molecule has 0 saturated carbocycles. The van der Waals surface area contributed by atoms with Gasteiger partial charge in [-0.05, 0) is 26.0 Å². The fourth-order valence-electron chi connectivity index (χ4n) is 2.28. The fourth-order valence-corrected chi connectivity index (χ4v) is 3.14. The van der Waals surface area contributed by atoms with E-state index in [9.17, 15) is 0 Å². The fraction of sp³-hybridized carbons (Fsp3) is 0.375. The SMILES string of the molecule is CCOc1ccc2nc(S[C@H](C)c3nc(N)nc(N(C)C)n3)[nH]c2c1. The summed E-state index contributed by atoms with van der Waals surface area (Å²) < 4.78 is 5.52. The van der Waals surface area contributed by atoms with E-state index < -0.39 is 0 Å². The van der Waals surface area contributed by atoms with Crippen LogP contribution in [-0.2, 0) is 0 Å². The third-order valence-corrected chi connectivity index (χ3v) is 4.43. The summed E-state index contributed by atoms with van der Waals surface area (Å²) in [6, 6.07) is 5.81. The first-order chi connectivity index (χ1) is 12.0. The number of nitrogens with two attached hydrogens (primary N) is 1. The molecule has 3 rings (SSSR count). The number of nitrogens with one attached hydrogen (secondary N) is 1. The van der Waals surface area contributed by atoms with Crippen LogP contribution in [0.5, 0.6) is 5.75 Å². The molecule has 1 atom stereocenters. The molecule has 2 heterocycles. The summed E-state index contributed by atoms with van der Waals surface area (Å²) in [5.41, 5.74) is 7.63. The van der Waals surface area contributed by atoms with Crippen molar-refractivity contribution in [1.29, 1.82) is 0 Å². The highest BCUT2D eigenvalue weighted by Gasteiger charge is 2.16. The number of ether oxygens (including phenoxy) is 1. The maximum Gasteiger partial charge on any atom is 0.229 e. The minimum absolute atomic E-state index is 0.0316. The number of thioether (sulfide) groups is 1. The molecule has 0 bridgehead atoms. The molecule has 9 heteroatoms. The van der Waals surface area contributed by atoms with Gasteiger partial charge in [-0.1, -0.05) is 11.8 Å². The van der Waals surface area contributed by atoms with Gasteiger partial charge in [0.05, 0.1) is 22.9 Å². The number of hydrogen-bond donors (Lipinski definition) is 2. The Balaban J connectivity index is 1.83. The number of anilines is 2. The molecular formula is C16H21N7OS. The molecule has 0 spiro atoms. The second-order valence-corrected chi connectivity index (χ2v) is 6.99. The molecule has 0 unspecified atom stereocenters. The molecule has 3 N–H and O–H groups in total. The number of benzene rings is 1. The van der Waals surface area contributed by atoms with Gasteiger partial charge in [0.2, 0.25) is 11.9 Å². The normalized spacial score (nSPS) is 12.3. The van der Waals surface area contributed by atoms with Gasteiger partial charge in [-0.15, -0.1) is 0 Å². The maximum absolute atomic E-state index is 5.80. The first-order valence-electron chi connectivity index (χ1n) is 7.94. The second-order valence-electron chi connectivity index (χ2n) is 5.66. The van der Waals surface area contributed by atoms with Crippen LogP contribution in [0.1, 0.15) is 24.9 Å². The van der Waals surface area contributed by atoms with Gasteiger partial charge in [0, 0.05) is 20.2 Å². The Morgan fingerprint density at radius 1 is 1.24 bits per heavy atom. The van der Waals surface area contributed by atoms with Crippen molar-refractivity contribution < 1.29 is 4.74 Å². The molecular weight excluding hydrogens is 338 g/mol. The van der Waals surface area contributed by atoms with Crippen molar-refractivity contribution in [2.24, 2.45) is 0 Å². The van der Waals surface area contributed by atoms with Crippen LogP contribution < -0.4 is 15.4 Å². The van der Waals surface area contributed by atoms with Crippen molar-refractivity contribution in [3.8, 4) is 5.75 Å². The van der Waals surface area contributed by atoms with Crippen LogP contribution in [0.15, 0.2) is 23.4 Å². The number of imidazole rings is 1. The van der Waals surface area contributed by atoms with E-state index in [4.69, 9.17) is 10.5 Å². The van der Waals surface area contributed by atoms with E-state index in [0.29, 0.717) is 18.4 Å². The first kappa shape index (κ1) is 17.3. The molecule has 0 aliphatic carbocycles. The zero-order valence-corrected chi connectivity index (χ0v) is 15.5. The van der Waals surface area contributed by atoms with E-state index in [1.165, 1.54) is 11.8 Å². The second kappa shape index (κ2) is 7.14. The van der Waals surface area contributed by atoms with Crippen molar-refractivity contribution >= 4 is 34.7 Å². The molecule has 0 fully saturated rings. The third-order valence-electron chi connectivity index (χ3n) is 3.45. The number of rotatable bonds is 6. The third kappa shape index (κ3) is 3.93. The highest BCUT2D eigenvalue weighted by Crippen LogP contribution is 2.33. The summed E-state index contributed by atoms with van der Waals surface area (Å²) in [6.45, 7) is 4.60. The van der Waals surface area contributed by atoms with Gasteiger partial charge in [0.15, 0.2) is 5.16 Å². The summed E-state index contributed by atoms with van der Waals surface area (Å²) >= 11 is 1.54. The number of aromatic amines is 1. The minimum atomic E-state index is -0.0316. The summed E-state index contributed by atoms with van der Waals surface area (Å²) in [5.74, 6) is 2.20. The van der Waals surface area contributed by atoms with Gasteiger partial charge in [-0.2, -0.15) is 15.0 Å². The molecule has 0 radical (unpaired) electrons. The molecule has 2 aromatic heterocycles. The molecule has 8 nitrogen and oxygen atoms in total. The van der Waals surface area contributed by atoms with Gasteiger partial charge in [-0.25, -0.2) is 4.98 Å². The molecule has 3 aromatic rings. The van der Waals surface area contributed by atoms with Gasteiger partial charge < -0.3 is 20.4 Å². The first-order valence-corrected chi connectivity index (χ1v) is 8.82. The highest BCUT2D eigenvalue weighted by atomic mass is 32.2. The lowest BCUT2D eigenvalue weighted by Crippen LogP contribution is -2.16. The van der Waals surface area contributed by atoms with Gasteiger partial charge in [0.1, 0.15) is 11.6 Å². The predicted octanol–water partition coefficient (Wildman–Crippen LogP) is 2.65. The Morgan fingerprint density at radius 2 is 2.04 bits per heavy atom. The quantitative estimate of drug-likeness (QED) is 0.647. The monoisotopic (exact) mass is 359 g/mol.